The monoisotopic (exact) mass is 294 g/mol. The van der Waals surface area contributed by atoms with E-state index in [9.17, 15) is 4.79 Å². The molecule has 0 radical (unpaired) electrons. The molecule has 1 aliphatic heterocycles. The van der Waals surface area contributed by atoms with Gasteiger partial charge in [0.1, 0.15) is 0 Å². The van der Waals surface area contributed by atoms with Crippen molar-refractivity contribution in [1.29, 1.82) is 0 Å². The maximum Gasteiger partial charge on any atom is 0.225 e. The molecular weight excluding hydrogens is 268 g/mol. The van der Waals surface area contributed by atoms with E-state index in [-0.39, 0.29) is 17.4 Å². The first kappa shape index (κ1) is 15.4. The number of hydrogen-bond acceptors (Lipinski definition) is 3. The van der Waals surface area contributed by atoms with Crippen LogP contribution in [-0.4, -0.2) is 25.0 Å². The lowest BCUT2D eigenvalue weighted by Crippen LogP contribution is -2.52. The number of nitrogens with one attached hydrogen (secondary N) is 1. The second kappa shape index (κ2) is 6.17. The fourth-order valence-electron chi connectivity index (χ4n) is 2.65. The molecule has 0 spiro atoms. The topological polar surface area (TPSA) is 32.3 Å². The predicted octanol–water partition coefficient (Wildman–Crippen LogP) is 3.52. The van der Waals surface area contributed by atoms with Gasteiger partial charge in [0, 0.05) is 35.6 Å². The van der Waals surface area contributed by atoms with Crippen LogP contribution >= 0.6 is 11.3 Å². The van der Waals surface area contributed by atoms with E-state index < -0.39 is 0 Å². The Morgan fingerprint density at radius 3 is 2.75 bits per heavy atom. The maximum absolute atomic E-state index is 12.2. The normalized spacial score (nSPS) is 23.7. The highest BCUT2D eigenvalue weighted by Crippen LogP contribution is 2.27. The summed E-state index contributed by atoms with van der Waals surface area (Å²) in [6, 6.07) is 2.44. The van der Waals surface area contributed by atoms with Crippen LogP contribution in [0, 0.1) is 11.3 Å². The lowest BCUT2D eigenvalue weighted by atomic mass is 9.90. The number of amides is 1. The summed E-state index contributed by atoms with van der Waals surface area (Å²) in [5.41, 5.74) is 0.981. The summed E-state index contributed by atoms with van der Waals surface area (Å²) in [5.74, 6) is 0.818. The van der Waals surface area contributed by atoms with Crippen molar-refractivity contribution < 1.29 is 4.79 Å². The Morgan fingerprint density at radius 1 is 1.45 bits per heavy atom. The van der Waals surface area contributed by atoms with Gasteiger partial charge in [0.15, 0.2) is 0 Å². The zero-order chi connectivity index (χ0) is 14.8. The second-order valence-corrected chi connectivity index (χ2v) is 7.60. The van der Waals surface area contributed by atoms with Gasteiger partial charge in [-0.25, -0.2) is 0 Å². The van der Waals surface area contributed by atoms with Gasteiger partial charge >= 0.3 is 0 Å². The van der Waals surface area contributed by atoms with Crippen molar-refractivity contribution in [3.8, 4) is 0 Å². The zero-order valence-electron chi connectivity index (χ0n) is 13.0. The highest BCUT2D eigenvalue weighted by molar-refractivity contribution is 7.08. The van der Waals surface area contributed by atoms with Crippen molar-refractivity contribution >= 4 is 22.9 Å². The first-order chi connectivity index (χ1) is 9.40. The molecule has 1 saturated heterocycles. The minimum Gasteiger partial charge on any atom is -0.369 e. The quantitative estimate of drug-likeness (QED) is 0.925. The molecular formula is C16H26N2OS. The van der Waals surface area contributed by atoms with Crippen LogP contribution in [0.25, 0.3) is 0 Å². The van der Waals surface area contributed by atoms with Crippen LogP contribution in [0.2, 0.25) is 0 Å². The summed E-state index contributed by atoms with van der Waals surface area (Å²) >= 11 is 1.73. The first-order valence-corrected chi connectivity index (χ1v) is 8.42. The number of piperidine rings is 1. The van der Waals surface area contributed by atoms with E-state index >= 15 is 0 Å². The Morgan fingerprint density at radius 2 is 2.20 bits per heavy atom. The van der Waals surface area contributed by atoms with Gasteiger partial charge in [0.05, 0.1) is 0 Å². The van der Waals surface area contributed by atoms with Gasteiger partial charge in [0.2, 0.25) is 5.91 Å². The molecule has 20 heavy (non-hydrogen) atoms. The van der Waals surface area contributed by atoms with E-state index in [0.717, 1.165) is 19.5 Å². The lowest BCUT2D eigenvalue weighted by molar-refractivity contribution is -0.129. The van der Waals surface area contributed by atoms with Gasteiger partial charge < -0.3 is 10.2 Å². The van der Waals surface area contributed by atoms with Gasteiger partial charge in [-0.2, -0.15) is 11.3 Å². The average Bonchev–Trinajstić information content (AvgIpc) is 2.91. The molecule has 4 heteroatoms. The van der Waals surface area contributed by atoms with Crippen molar-refractivity contribution in [2.75, 3.05) is 18.0 Å². The molecule has 2 unspecified atom stereocenters. The van der Waals surface area contributed by atoms with Crippen LogP contribution in [0.1, 0.15) is 40.5 Å². The molecule has 1 aliphatic rings. The van der Waals surface area contributed by atoms with Gasteiger partial charge in [-0.15, -0.1) is 0 Å². The number of thiophene rings is 1. The van der Waals surface area contributed by atoms with E-state index in [2.05, 4.69) is 34.0 Å². The van der Waals surface area contributed by atoms with E-state index in [0.29, 0.717) is 5.92 Å². The number of rotatable bonds is 3. The molecule has 2 atom stereocenters. The fraction of sp³-hybridized carbons (Fsp3) is 0.688. The Hall–Kier alpha value is -1.03. The molecule has 2 rings (SSSR count). The predicted molar refractivity (Wildman–Crippen MR) is 86.3 cm³/mol. The van der Waals surface area contributed by atoms with E-state index in [1.807, 2.05) is 20.8 Å². The largest absolute Gasteiger partial charge is 0.369 e. The van der Waals surface area contributed by atoms with Crippen LogP contribution < -0.4 is 10.2 Å². The lowest BCUT2D eigenvalue weighted by Gasteiger charge is -2.39. The molecule has 0 aromatic carbocycles. The first-order valence-electron chi connectivity index (χ1n) is 7.48. The average molecular weight is 294 g/mol. The summed E-state index contributed by atoms with van der Waals surface area (Å²) in [6.07, 6.45) is 2.27. The van der Waals surface area contributed by atoms with Crippen molar-refractivity contribution in [1.82, 2.24) is 5.32 Å². The molecule has 0 bridgehead atoms. The summed E-state index contributed by atoms with van der Waals surface area (Å²) in [7, 11) is 0. The molecule has 2 heterocycles. The van der Waals surface area contributed by atoms with Crippen molar-refractivity contribution in [3.63, 3.8) is 0 Å². The summed E-state index contributed by atoms with van der Waals surface area (Å²) in [6.45, 7) is 10.2. The molecule has 1 aromatic heterocycles. The van der Waals surface area contributed by atoms with Crippen molar-refractivity contribution in [2.24, 2.45) is 11.3 Å². The molecule has 0 saturated carbocycles. The van der Waals surface area contributed by atoms with Crippen molar-refractivity contribution in [2.45, 2.75) is 46.6 Å². The third kappa shape index (κ3) is 3.75. The standard InChI is InChI=1S/C16H26N2OS/c1-5-12-8-13(17-15(19)16(2,3)4)10-18(9-12)14-6-7-20-11-14/h6-7,11-13H,5,8-10H2,1-4H3,(H,17,19). The Balaban J connectivity index is 2.04. The molecule has 112 valence electrons. The number of nitrogens with zero attached hydrogens (tertiary/aromatic N) is 1. The number of carbonyl (C=O) groups is 1. The smallest absolute Gasteiger partial charge is 0.225 e. The Kier molecular flexibility index (Phi) is 4.74. The molecule has 1 amide bonds. The summed E-state index contributed by atoms with van der Waals surface area (Å²) < 4.78 is 0. The molecule has 1 fully saturated rings. The van der Waals surface area contributed by atoms with E-state index in [4.69, 9.17) is 0 Å². The third-order valence-electron chi connectivity index (χ3n) is 4.00. The fourth-order valence-corrected chi connectivity index (χ4v) is 3.32. The summed E-state index contributed by atoms with van der Waals surface area (Å²) in [5, 5.41) is 7.55. The Labute approximate surface area is 126 Å². The SMILES string of the molecule is CCC1CC(NC(=O)C(C)(C)C)CN(c2ccsc2)C1. The highest BCUT2D eigenvalue weighted by Gasteiger charge is 2.30. The van der Waals surface area contributed by atoms with Crippen LogP contribution in [0.5, 0.6) is 0 Å². The van der Waals surface area contributed by atoms with E-state index in [1.165, 1.54) is 12.1 Å². The molecule has 0 aliphatic carbocycles. The number of hydrogen-bond donors (Lipinski definition) is 1. The number of anilines is 1. The van der Waals surface area contributed by atoms with Crippen molar-refractivity contribution in [3.05, 3.63) is 16.8 Å². The van der Waals surface area contributed by atoms with Crippen LogP contribution in [-0.2, 0) is 4.79 Å². The third-order valence-corrected chi connectivity index (χ3v) is 4.67. The van der Waals surface area contributed by atoms with E-state index in [1.54, 1.807) is 11.3 Å². The minimum absolute atomic E-state index is 0.157. The second-order valence-electron chi connectivity index (χ2n) is 6.82. The van der Waals surface area contributed by atoms with Gasteiger partial charge in [-0.05, 0) is 23.8 Å². The van der Waals surface area contributed by atoms with Crippen LogP contribution in [0.15, 0.2) is 16.8 Å². The maximum atomic E-state index is 12.2. The van der Waals surface area contributed by atoms with Crippen LogP contribution in [0.3, 0.4) is 0 Å². The molecule has 1 N–H and O–H groups in total. The van der Waals surface area contributed by atoms with Gasteiger partial charge in [-0.3, -0.25) is 4.79 Å². The highest BCUT2D eigenvalue weighted by atomic mass is 32.1. The Bertz CT molecular complexity index is 436. The molecule has 1 aromatic rings. The molecule has 3 nitrogen and oxygen atoms in total. The van der Waals surface area contributed by atoms with Gasteiger partial charge in [-0.1, -0.05) is 34.1 Å². The number of carbonyl (C=O) groups excluding carboxylic acids is 1. The van der Waals surface area contributed by atoms with Crippen LogP contribution in [0.4, 0.5) is 5.69 Å². The summed E-state index contributed by atoms with van der Waals surface area (Å²) in [4.78, 5) is 14.6. The zero-order valence-corrected chi connectivity index (χ0v) is 13.8. The van der Waals surface area contributed by atoms with Gasteiger partial charge in [0.25, 0.3) is 0 Å². The minimum atomic E-state index is -0.313.